The second kappa shape index (κ2) is 8.73. The highest BCUT2D eigenvalue weighted by Crippen LogP contribution is 2.34. The zero-order valence-corrected chi connectivity index (χ0v) is 16.4. The molecule has 29 heavy (non-hydrogen) atoms. The molecule has 9 heteroatoms. The van der Waals surface area contributed by atoms with Crippen molar-refractivity contribution in [3.8, 4) is 0 Å². The second-order valence-corrected chi connectivity index (χ2v) is 6.85. The van der Waals surface area contributed by atoms with Gasteiger partial charge in [0.05, 0.1) is 11.6 Å². The number of aryl methyl sites for hydroxylation is 1. The molecule has 0 aliphatic heterocycles. The minimum absolute atomic E-state index is 0. The molecule has 0 bridgehead atoms. The SMILES string of the molecule is CC(=O)Nc1cc(C(=O)NC2CCCc3cc(N)ccc32)cc(C(F)(F)F)c1.Cl. The first-order chi connectivity index (χ1) is 13.1. The van der Waals surface area contributed by atoms with Crippen LogP contribution in [0.15, 0.2) is 36.4 Å². The second-order valence-electron chi connectivity index (χ2n) is 6.85. The number of hydrogen-bond acceptors (Lipinski definition) is 3. The highest BCUT2D eigenvalue weighted by molar-refractivity contribution is 5.97. The lowest BCUT2D eigenvalue weighted by Crippen LogP contribution is -2.31. The van der Waals surface area contributed by atoms with Gasteiger partial charge in [-0.25, -0.2) is 0 Å². The van der Waals surface area contributed by atoms with Crippen LogP contribution in [-0.2, 0) is 17.4 Å². The van der Waals surface area contributed by atoms with Gasteiger partial charge in [0.15, 0.2) is 0 Å². The van der Waals surface area contributed by atoms with E-state index in [-0.39, 0.29) is 29.7 Å². The lowest BCUT2D eigenvalue weighted by molar-refractivity contribution is -0.137. The van der Waals surface area contributed by atoms with Crippen LogP contribution in [0.1, 0.15) is 52.9 Å². The molecule has 2 amide bonds. The summed E-state index contributed by atoms with van der Waals surface area (Å²) < 4.78 is 39.6. The van der Waals surface area contributed by atoms with Crippen molar-refractivity contribution in [3.05, 3.63) is 58.7 Å². The van der Waals surface area contributed by atoms with E-state index in [4.69, 9.17) is 5.73 Å². The Bertz CT molecular complexity index is 932. The van der Waals surface area contributed by atoms with Crippen LogP contribution in [0.4, 0.5) is 24.5 Å². The molecule has 0 heterocycles. The number of halogens is 4. The fraction of sp³-hybridized carbons (Fsp3) is 0.300. The summed E-state index contributed by atoms with van der Waals surface area (Å²) in [5, 5.41) is 5.12. The van der Waals surface area contributed by atoms with E-state index >= 15 is 0 Å². The van der Waals surface area contributed by atoms with Gasteiger partial charge in [-0.3, -0.25) is 9.59 Å². The highest BCUT2D eigenvalue weighted by atomic mass is 35.5. The van der Waals surface area contributed by atoms with E-state index in [9.17, 15) is 22.8 Å². The fourth-order valence-corrected chi connectivity index (χ4v) is 3.42. The van der Waals surface area contributed by atoms with Crippen LogP contribution in [0, 0.1) is 0 Å². The number of nitrogen functional groups attached to an aromatic ring is 1. The smallest absolute Gasteiger partial charge is 0.399 e. The maximum Gasteiger partial charge on any atom is 0.416 e. The molecule has 5 nitrogen and oxygen atoms in total. The standard InChI is InChI=1S/C20H20F3N3O2.ClH/c1-11(27)25-16-9-13(7-14(10-16)20(21,22)23)19(28)26-18-4-2-3-12-8-15(24)5-6-17(12)18;/h5-10,18H,2-4,24H2,1H3,(H,25,27)(H,26,28);1H. The molecule has 0 aromatic heterocycles. The molecule has 0 fully saturated rings. The summed E-state index contributed by atoms with van der Waals surface area (Å²) in [5.41, 5.74) is 7.14. The van der Waals surface area contributed by atoms with Gasteiger partial charge < -0.3 is 16.4 Å². The van der Waals surface area contributed by atoms with E-state index in [1.807, 2.05) is 12.1 Å². The average Bonchev–Trinajstić information content (AvgIpc) is 2.60. The molecule has 0 spiro atoms. The van der Waals surface area contributed by atoms with Crippen molar-refractivity contribution in [2.24, 2.45) is 0 Å². The Morgan fingerprint density at radius 2 is 1.86 bits per heavy atom. The minimum Gasteiger partial charge on any atom is -0.399 e. The predicted molar refractivity (Wildman–Crippen MR) is 107 cm³/mol. The topological polar surface area (TPSA) is 84.2 Å². The lowest BCUT2D eigenvalue weighted by atomic mass is 9.87. The highest BCUT2D eigenvalue weighted by Gasteiger charge is 2.32. The predicted octanol–water partition coefficient (Wildman–Crippen LogP) is 4.48. The monoisotopic (exact) mass is 427 g/mol. The lowest BCUT2D eigenvalue weighted by Gasteiger charge is -2.27. The number of hydrogen-bond donors (Lipinski definition) is 3. The van der Waals surface area contributed by atoms with Crippen LogP contribution < -0.4 is 16.4 Å². The largest absolute Gasteiger partial charge is 0.416 e. The molecule has 3 rings (SSSR count). The normalized spacial score (nSPS) is 15.7. The number of anilines is 2. The van der Waals surface area contributed by atoms with E-state index in [1.54, 1.807) is 6.07 Å². The third-order valence-corrected chi connectivity index (χ3v) is 4.63. The summed E-state index contributed by atoms with van der Waals surface area (Å²) in [6, 6.07) is 7.94. The number of rotatable bonds is 3. The van der Waals surface area contributed by atoms with Crippen molar-refractivity contribution in [3.63, 3.8) is 0 Å². The molecule has 0 saturated heterocycles. The third kappa shape index (κ3) is 5.41. The molecule has 1 aliphatic rings. The van der Waals surface area contributed by atoms with Gasteiger partial charge in [0.25, 0.3) is 5.91 Å². The van der Waals surface area contributed by atoms with E-state index in [0.717, 1.165) is 36.1 Å². The molecule has 0 radical (unpaired) electrons. The van der Waals surface area contributed by atoms with Crippen molar-refractivity contribution in [1.29, 1.82) is 0 Å². The summed E-state index contributed by atoms with van der Waals surface area (Å²) in [6.45, 7) is 1.19. The van der Waals surface area contributed by atoms with Gasteiger partial charge in [-0.2, -0.15) is 13.2 Å². The number of carbonyl (C=O) groups is 2. The van der Waals surface area contributed by atoms with Crippen LogP contribution >= 0.6 is 12.4 Å². The summed E-state index contributed by atoms with van der Waals surface area (Å²) in [7, 11) is 0. The minimum atomic E-state index is -4.64. The number of nitrogens with one attached hydrogen (secondary N) is 2. The molecule has 4 N–H and O–H groups in total. The summed E-state index contributed by atoms with van der Waals surface area (Å²) >= 11 is 0. The van der Waals surface area contributed by atoms with Crippen molar-refractivity contribution >= 4 is 35.6 Å². The molecule has 1 atom stereocenters. The zero-order chi connectivity index (χ0) is 20.5. The van der Waals surface area contributed by atoms with Crippen LogP contribution in [0.3, 0.4) is 0 Å². The third-order valence-electron chi connectivity index (χ3n) is 4.63. The van der Waals surface area contributed by atoms with Gasteiger partial charge in [0, 0.05) is 23.9 Å². The van der Waals surface area contributed by atoms with Crippen LogP contribution in [0.25, 0.3) is 0 Å². The van der Waals surface area contributed by atoms with E-state index < -0.39 is 23.6 Å². The maximum atomic E-state index is 13.2. The number of alkyl halides is 3. The Morgan fingerprint density at radius 1 is 1.14 bits per heavy atom. The van der Waals surface area contributed by atoms with Crippen molar-refractivity contribution in [2.45, 2.75) is 38.4 Å². The van der Waals surface area contributed by atoms with Crippen molar-refractivity contribution < 1.29 is 22.8 Å². The molecule has 1 unspecified atom stereocenters. The maximum absolute atomic E-state index is 13.2. The number of fused-ring (bicyclic) bond motifs is 1. The Hall–Kier alpha value is -2.74. The van der Waals surface area contributed by atoms with E-state index in [2.05, 4.69) is 10.6 Å². The summed E-state index contributed by atoms with van der Waals surface area (Å²) in [5.74, 6) is -1.16. The van der Waals surface area contributed by atoms with Crippen LogP contribution in [0.5, 0.6) is 0 Å². The Morgan fingerprint density at radius 3 is 2.52 bits per heavy atom. The van der Waals surface area contributed by atoms with E-state index in [0.29, 0.717) is 12.1 Å². The summed E-state index contributed by atoms with van der Waals surface area (Å²) in [4.78, 5) is 23.9. The molecule has 2 aromatic rings. The zero-order valence-electron chi connectivity index (χ0n) is 15.6. The average molecular weight is 428 g/mol. The fourth-order valence-electron chi connectivity index (χ4n) is 3.42. The van der Waals surface area contributed by atoms with Gasteiger partial charge >= 0.3 is 6.18 Å². The first-order valence-electron chi connectivity index (χ1n) is 8.82. The molecule has 2 aromatic carbocycles. The molecular weight excluding hydrogens is 407 g/mol. The quantitative estimate of drug-likeness (QED) is 0.631. The Kier molecular flexibility index (Phi) is 6.79. The number of nitrogens with two attached hydrogens (primary N) is 1. The first kappa shape index (κ1) is 22.5. The Labute approximate surface area is 172 Å². The summed E-state index contributed by atoms with van der Waals surface area (Å²) in [6.07, 6.45) is -2.29. The van der Waals surface area contributed by atoms with Gasteiger partial charge in [0.1, 0.15) is 0 Å². The number of benzene rings is 2. The molecular formula is C20H21ClF3N3O2. The van der Waals surface area contributed by atoms with Crippen LogP contribution in [-0.4, -0.2) is 11.8 Å². The Balaban J connectivity index is 0.00000300. The van der Waals surface area contributed by atoms with Gasteiger partial charge in [-0.1, -0.05) is 6.07 Å². The first-order valence-corrected chi connectivity index (χ1v) is 8.82. The van der Waals surface area contributed by atoms with Crippen LogP contribution in [0.2, 0.25) is 0 Å². The van der Waals surface area contributed by atoms with Gasteiger partial charge in [0.2, 0.25) is 5.91 Å². The molecule has 1 aliphatic carbocycles. The van der Waals surface area contributed by atoms with Crippen molar-refractivity contribution in [1.82, 2.24) is 5.32 Å². The van der Waals surface area contributed by atoms with Gasteiger partial charge in [-0.15, -0.1) is 12.4 Å². The molecule has 156 valence electrons. The van der Waals surface area contributed by atoms with Crippen molar-refractivity contribution in [2.75, 3.05) is 11.1 Å². The molecule has 0 saturated carbocycles. The number of amides is 2. The van der Waals surface area contributed by atoms with E-state index in [1.165, 1.54) is 13.0 Å². The van der Waals surface area contributed by atoms with Gasteiger partial charge in [-0.05, 0) is 60.7 Å². The number of carbonyl (C=O) groups excluding carboxylic acids is 2.